The van der Waals surface area contributed by atoms with E-state index in [0.717, 1.165) is 11.8 Å². The van der Waals surface area contributed by atoms with Crippen molar-refractivity contribution in [1.82, 2.24) is 9.97 Å². The third-order valence-corrected chi connectivity index (χ3v) is 2.74. The van der Waals surface area contributed by atoms with Crippen LogP contribution in [0.15, 0.2) is 30.5 Å². The zero-order chi connectivity index (χ0) is 13.1. The lowest BCUT2D eigenvalue weighted by Gasteiger charge is -2.15. The Morgan fingerprint density at radius 3 is 2.67 bits per heavy atom. The molecule has 0 aliphatic rings. The van der Waals surface area contributed by atoms with Gasteiger partial charge in [0.15, 0.2) is 11.6 Å². The number of hydrogen-bond donors (Lipinski definition) is 2. The van der Waals surface area contributed by atoms with Crippen LogP contribution in [0.3, 0.4) is 0 Å². The van der Waals surface area contributed by atoms with Gasteiger partial charge in [0.05, 0.1) is 12.2 Å². The zero-order valence-corrected chi connectivity index (χ0v) is 10.4. The highest BCUT2D eigenvalue weighted by molar-refractivity contribution is 6.30. The van der Waals surface area contributed by atoms with E-state index in [1.165, 1.54) is 0 Å². The molecule has 4 nitrogen and oxygen atoms in total. The van der Waals surface area contributed by atoms with Crippen LogP contribution in [0, 0.1) is 5.82 Å². The van der Waals surface area contributed by atoms with Crippen LogP contribution in [0.5, 0.6) is 0 Å². The maximum Gasteiger partial charge on any atom is 0.222 e. The monoisotopic (exact) mass is 266 g/mol. The van der Waals surface area contributed by atoms with E-state index < -0.39 is 5.82 Å². The standard InChI is InChI=1S/C12H12ClFN4/c1-7(8-2-4-9(13)5-3-8)17-11-10(14)6-16-12(15)18-11/h2-7H,1H3,(H3,15,16,17,18). The minimum atomic E-state index is -0.537. The Kier molecular flexibility index (Phi) is 3.62. The molecule has 94 valence electrons. The molecule has 18 heavy (non-hydrogen) atoms. The summed E-state index contributed by atoms with van der Waals surface area (Å²) in [4.78, 5) is 7.38. The largest absolute Gasteiger partial charge is 0.368 e. The molecule has 3 N–H and O–H groups in total. The van der Waals surface area contributed by atoms with Gasteiger partial charge in [0, 0.05) is 5.02 Å². The molecule has 0 aliphatic carbocycles. The van der Waals surface area contributed by atoms with Crippen LogP contribution in [0.4, 0.5) is 16.2 Å². The highest BCUT2D eigenvalue weighted by Gasteiger charge is 2.10. The van der Waals surface area contributed by atoms with Gasteiger partial charge in [-0.15, -0.1) is 0 Å². The van der Waals surface area contributed by atoms with Crippen molar-refractivity contribution in [3.63, 3.8) is 0 Å². The first-order valence-electron chi connectivity index (χ1n) is 5.36. The fourth-order valence-corrected chi connectivity index (χ4v) is 1.65. The third-order valence-electron chi connectivity index (χ3n) is 2.49. The maximum absolute atomic E-state index is 13.4. The molecule has 0 bridgehead atoms. The first kappa shape index (κ1) is 12.6. The highest BCUT2D eigenvalue weighted by Crippen LogP contribution is 2.21. The number of nitrogens with one attached hydrogen (secondary N) is 1. The number of aromatic nitrogens is 2. The number of nitrogens with zero attached hydrogens (tertiary/aromatic N) is 2. The van der Waals surface area contributed by atoms with Crippen molar-refractivity contribution in [2.45, 2.75) is 13.0 Å². The van der Waals surface area contributed by atoms with E-state index in [4.69, 9.17) is 17.3 Å². The minimum Gasteiger partial charge on any atom is -0.368 e. The Morgan fingerprint density at radius 2 is 2.00 bits per heavy atom. The number of nitrogen functional groups attached to an aromatic ring is 1. The summed E-state index contributed by atoms with van der Waals surface area (Å²) in [5.74, 6) is -0.419. The lowest BCUT2D eigenvalue weighted by atomic mass is 10.1. The normalized spacial score (nSPS) is 12.2. The van der Waals surface area contributed by atoms with E-state index in [9.17, 15) is 4.39 Å². The third kappa shape index (κ3) is 2.87. The Bertz CT molecular complexity index is 544. The van der Waals surface area contributed by atoms with Gasteiger partial charge in [0.1, 0.15) is 0 Å². The molecule has 0 saturated heterocycles. The summed E-state index contributed by atoms with van der Waals surface area (Å²) >= 11 is 5.81. The quantitative estimate of drug-likeness (QED) is 0.896. The lowest BCUT2D eigenvalue weighted by molar-refractivity contribution is 0.614. The Balaban J connectivity index is 2.18. The van der Waals surface area contributed by atoms with E-state index in [1.807, 2.05) is 19.1 Å². The van der Waals surface area contributed by atoms with Gasteiger partial charge in [-0.1, -0.05) is 23.7 Å². The van der Waals surface area contributed by atoms with Crippen molar-refractivity contribution in [3.8, 4) is 0 Å². The van der Waals surface area contributed by atoms with E-state index in [2.05, 4.69) is 15.3 Å². The molecule has 0 fully saturated rings. The van der Waals surface area contributed by atoms with E-state index in [-0.39, 0.29) is 17.8 Å². The number of anilines is 2. The van der Waals surface area contributed by atoms with Gasteiger partial charge in [-0.3, -0.25) is 0 Å². The van der Waals surface area contributed by atoms with Crippen molar-refractivity contribution in [2.24, 2.45) is 0 Å². The fourth-order valence-electron chi connectivity index (χ4n) is 1.52. The summed E-state index contributed by atoms with van der Waals surface area (Å²) in [5.41, 5.74) is 6.38. The van der Waals surface area contributed by atoms with Crippen LogP contribution >= 0.6 is 11.6 Å². The molecule has 1 unspecified atom stereocenters. The van der Waals surface area contributed by atoms with Crippen LogP contribution in [-0.4, -0.2) is 9.97 Å². The van der Waals surface area contributed by atoms with Gasteiger partial charge in [-0.2, -0.15) is 4.98 Å². The number of nitrogens with two attached hydrogens (primary N) is 1. The van der Waals surface area contributed by atoms with Crippen molar-refractivity contribution in [1.29, 1.82) is 0 Å². The molecule has 0 radical (unpaired) electrons. The molecule has 0 saturated carbocycles. The Labute approximate surface area is 109 Å². The summed E-state index contributed by atoms with van der Waals surface area (Å²) in [7, 11) is 0. The van der Waals surface area contributed by atoms with E-state index >= 15 is 0 Å². The fraction of sp³-hybridized carbons (Fsp3) is 0.167. The SMILES string of the molecule is CC(Nc1nc(N)ncc1F)c1ccc(Cl)cc1. The molecule has 0 spiro atoms. The molecule has 1 aromatic heterocycles. The second-order valence-electron chi connectivity index (χ2n) is 3.84. The predicted octanol–water partition coefficient (Wildman–Crippen LogP) is 3.02. The van der Waals surface area contributed by atoms with Crippen molar-refractivity contribution in [2.75, 3.05) is 11.1 Å². The maximum atomic E-state index is 13.4. The number of halogens is 2. The molecule has 1 aromatic carbocycles. The average Bonchev–Trinajstić information content (AvgIpc) is 2.34. The second kappa shape index (κ2) is 5.18. The van der Waals surface area contributed by atoms with Crippen molar-refractivity contribution in [3.05, 3.63) is 46.9 Å². The first-order valence-corrected chi connectivity index (χ1v) is 5.74. The van der Waals surface area contributed by atoms with Gasteiger partial charge in [-0.25, -0.2) is 9.37 Å². The molecule has 0 amide bonds. The molecular formula is C12H12ClFN4. The molecule has 1 atom stereocenters. The second-order valence-corrected chi connectivity index (χ2v) is 4.28. The van der Waals surface area contributed by atoms with Gasteiger partial charge in [0.2, 0.25) is 5.95 Å². The van der Waals surface area contributed by atoms with E-state index in [1.54, 1.807) is 12.1 Å². The topological polar surface area (TPSA) is 63.8 Å². The molecule has 1 heterocycles. The summed E-state index contributed by atoms with van der Waals surface area (Å²) in [6.07, 6.45) is 1.04. The lowest BCUT2D eigenvalue weighted by Crippen LogP contribution is -2.11. The smallest absolute Gasteiger partial charge is 0.222 e. The van der Waals surface area contributed by atoms with Crippen LogP contribution in [0.25, 0.3) is 0 Å². The summed E-state index contributed by atoms with van der Waals surface area (Å²) in [5, 5.41) is 3.59. The molecule has 6 heteroatoms. The van der Waals surface area contributed by atoms with Crippen LogP contribution < -0.4 is 11.1 Å². The minimum absolute atomic E-state index is 0.0298. The summed E-state index contributed by atoms with van der Waals surface area (Å²) in [6.45, 7) is 1.89. The van der Waals surface area contributed by atoms with E-state index in [0.29, 0.717) is 5.02 Å². The molecule has 0 aliphatic heterocycles. The Hall–Kier alpha value is -1.88. The number of hydrogen-bond acceptors (Lipinski definition) is 4. The average molecular weight is 267 g/mol. The van der Waals surface area contributed by atoms with Gasteiger partial charge in [0.25, 0.3) is 0 Å². The van der Waals surface area contributed by atoms with Crippen LogP contribution in [0.2, 0.25) is 5.02 Å². The van der Waals surface area contributed by atoms with Crippen LogP contribution in [0.1, 0.15) is 18.5 Å². The first-order chi connectivity index (χ1) is 8.56. The van der Waals surface area contributed by atoms with Crippen molar-refractivity contribution >= 4 is 23.4 Å². The summed E-state index contributed by atoms with van der Waals surface area (Å²) in [6, 6.07) is 7.16. The molecule has 2 rings (SSSR count). The van der Waals surface area contributed by atoms with Crippen LogP contribution in [-0.2, 0) is 0 Å². The van der Waals surface area contributed by atoms with Gasteiger partial charge < -0.3 is 11.1 Å². The van der Waals surface area contributed by atoms with Gasteiger partial charge >= 0.3 is 0 Å². The highest BCUT2D eigenvalue weighted by atomic mass is 35.5. The molecular weight excluding hydrogens is 255 g/mol. The van der Waals surface area contributed by atoms with Gasteiger partial charge in [-0.05, 0) is 24.6 Å². The predicted molar refractivity (Wildman–Crippen MR) is 69.9 cm³/mol. The number of rotatable bonds is 3. The Morgan fingerprint density at radius 1 is 1.33 bits per heavy atom. The van der Waals surface area contributed by atoms with Crippen molar-refractivity contribution < 1.29 is 4.39 Å². The number of benzene rings is 1. The molecule has 2 aromatic rings. The summed E-state index contributed by atoms with van der Waals surface area (Å²) < 4.78 is 13.4. The zero-order valence-electron chi connectivity index (χ0n) is 9.69.